The second-order valence-electron chi connectivity index (χ2n) is 34.9. The van der Waals surface area contributed by atoms with Gasteiger partial charge in [0, 0.05) is 20.6 Å². The Morgan fingerprint density at radius 2 is 0.782 bits per heavy atom. The number of hydrogen-bond acceptors (Lipinski definition) is 2. The number of benzene rings is 2. The number of hydrogen-bond donors (Lipinski definition) is 2. The number of allylic oxidation sites excluding steroid dienone is 2. The lowest BCUT2D eigenvalue weighted by molar-refractivity contribution is -0.258. The molecule has 0 heterocycles. The van der Waals surface area contributed by atoms with Crippen LogP contribution in [0, 0.1) is 86.8 Å². The molecule has 0 aliphatic heterocycles. The fourth-order valence-electron chi connectivity index (χ4n) is 17.7. The van der Waals surface area contributed by atoms with Crippen molar-refractivity contribution in [1.29, 1.82) is 0 Å². The van der Waals surface area contributed by atoms with Crippen molar-refractivity contribution >= 4 is 23.2 Å². The minimum Gasteiger partial charge on any atom is -0.390 e. The molecule has 4 unspecified atom stereocenters. The molecule has 2 aromatic rings. The van der Waals surface area contributed by atoms with E-state index in [4.69, 9.17) is 23.2 Å². The third-order valence-corrected chi connectivity index (χ3v) is 20.7. The molecule has 0 saturated carbocycles. The fourth-order valence-corrected chi connectivity index (χ4v) is 17.9. The van der Waals surface area contributed by atoms with Gasteiger partial charge in [-0.15, -0.1) is 23.2 Å². The highest BCUT2D eigenvalue weighted by Crippen LogP contribution is 2.85. The largest absolute Gasteiger partial charge is 0.390 e. The van der Waals surface area contributed by atoms with Crippen molar-refractivity contribution in [2.24, 2.45) is 72.9 Å². The van der Waals surface area contributed by atoms with Crippen molar-refractivity contribution in [2.75, 3.05) is 0 Å². The number of aryl methyl sites for hydroxylation is 2. The number of fused-ring (bicyclic) bond motifs is 1. The molecule has 0 amide bonds. The lowest BCUT2D eigenvalue weighted by Gasteiger charge is -2.81. The van der Waals surface area contributed by atoms with Crippen molar-refractivity contribution < 1.29 is 10.2 Å². The summed E-state index contributed by atoms with van der Waals surface area (Å²) in [4.78, 5) is -0.210. The SMILES string of the molecule is CC(C)(Cl)CCC(C)(C)Cl.CC(C)(O)CCC(C)(C)O.CC(C)C1C(C)C2=C(C(C)C1C)C(C(C)(C)C)(C(C)(C)C)C(C)(C)C(C)(C)C2(C(C)(C)C)C(C)(C)C.Cc1ccc2c(c1)C(C)(C)CCC2(C)C.Cc1ccccc1. The van der Waals surface area contributed by atoms with E-state index in [-0.39, 0.29) is 53.1 Å². The molecule has 0 bridgehead atoms. The molecule has 0 aromatic heterocycles. The summed E-state index contributed by atoms with van der Waals surface area (Å²) in [6, 6.07) is 17.2. The highest BCUT2D eigenvalue weighted by atomic mass is 35.5. The number of rotatable bonds is 7. The zero-order chi connectivity index (χ0) is 62.3. The van der Waals surface area contributed by atoms with E-state index in [1.807, 2.05) is 57.0 Å². The highest BCUT2D eigenvalue weighted by Gasteiger charge is 2.78. The van der Waals surface area contributed by atoms with Crippen LogP contribution in [0.1, 0.15) is 289 Å². The quantitative estimate of drug-likeness (QED) is 0.214. The van der Waals surface area contributed by atoms with E-state index >= 15 is 0 Å². The van der Waals surface area contributed by atoms with Crippen LogP contribution in [-0.4, -0.2) is 31.2 Å². The lowest BCUT2D eigenvalue weighted by Crippen LogP contribution is -2.75. The molecular weight excluding hydrogens is 992 g/mol. The summed E-state index contributed by atoms with van der Waals surface area (Å²) in [5.41, 5.74) is 9.66. The normalized spacial score (nSPS) is 23.6. The Kier molecular flexibility index (Phi) is 24.0. The van der Waals surface area contributed by atoms with E-state index in [2.05, 4.69) is 217 Å². The molecule has 0 radical (unpaired) electrons. The Bertz CT molecular complexity index is 2120. The predicted octanol–water partition coefficient (Wildman–Crippen LogP) is 23.1. The van der Waals surface area contributed by atoms with E-state index in [1.54, 1.807) is 38.8 Å². The molecule has 4 heteroatoms. The van der Waals surface area contributed by atoms with Gasteiger partial charge in [0.15, 0.2) is 0 Å². The smallest absolute Gasteiger partial charge is 0.0592 e. The minimum absolute atomic E-state index is 0.0484. The molecule has 2 aromatic carbocycles. The summed E-state index contributed by atoms with van der Waals surface area (Å²) >= 11 is 12.0. The molecule has 2 nitrogen and oxygen atoms in total. The lowest BCUT2D eigenvalue weighted by atomic mass is 9.23. The standard InChI is InChI=1S/C36H68.C15H22.C8H16Cl2.C8H18O2.C7H8/c1-22(2)26-23(3)24(4)27-28(25(26)5)36(31(12,13)14,32(15,16)17)34(20,21)33(18,19)35(27,29(6,7)8)30(9,10)11;1-11-6-7-12-13(10-11)15(4,5)9-8-14(12,2)3;2*1-7(2,9)5-6-8(3,4)10;1-7-5-3-2-4-6-7/h22-26H,1-21H3;6-7,10H,8-9H2,1-5H3;5-6H2,1-4H3;9-10H,5-6H2,1-4H3;2-6H,1H3. The van der Waals surface area contributed by atoms with Crippen LogP contribution in [0.2, 0.25) is 0 Å². The van der Waals surface area contributed by atoms with Crippen molar-refractivity contribution in [2.45, 2.75) is 313 Å². The summed E-state index contributed by atoms with van der Waals surface area (Å²) in [5.74, 6) is 3.21. The van der Waals surface area contributed by atoms with Gasteiger partial charge >= 0.3 is 0 Å². The topological polar surface area (TPSA) is 40.5 Å². The average Bonchev–Trinajstić information content (AvgIpc) is 3.19. The number of halogens is 2. The fraction of sp³-hybridized carbons (Fsp3) is 0.811. The van der Waals surface area contributed by atoms with E-state index in [1.165, 1.54) is 24.0 Å². The maximum atomic E-state index is 9.27. The minimum atomic E-state index is -0.653. The molecule has 78 heavy (non-hydrogen) atoms. The molecule has 2 N–H and O–H groups in total. The molecule has 5 rings (SSSR count). The van der Waals surface area contributed by atoms with Crippen molar-refractivity contribution in [3.63, 3.8) is 0 Å². The van der Waals surface area contributed by atoms with Gasteiger partial charge < -0.3 is 10.2 Å². The summed E-state index contributed by atoms with van der Waals surface area (Å²) in [6.45, 7) is 83.2. The van der Waals surface area contributed by atoms with E-state index in [0.29, 0.717) is 53.3 Å². The molecular formula is C74H132Cl2O2. The first-order valence-electron chi connectivity index (χ1n) is 30.9. The molecule has 4 atom stereocenters. The van der Waals surface area contributed by atoms with Gasteiger partial charge in [-0.05, 0) is 192 Å². The zero-order valence-electron chi connectivity index (χ0n) is 58.4. The first-order valence-corrected chi connectivity index (χ1v) is 31.6. The third-order valence-electron chi connectivity index (χ3n) is 20.3. The Morgan fingerprint density at radius 1 is 0.462 bits per heavy atom. The first kappa shape index (κ1) is 74.7. The Hall–Kier alpha value is -1.32. The van der Waals surface area contributed by atoms with E-state index < -0.39 is 11.2 Å². The van der Waals surface area contributed by atoms with E-state index in [9.17, 15) is 10.2 Å². The van der Waals surface area contributed by atoms with Crippen molar-refractivity contribution in [3.05, 3.63) is 81.9 Å². The van der Waals surface area contributed by atoms with Gasteiger partial charge in [-0.25, -0.2) is 0 Å². The molecule has 3 aliphatic rings. The summed E-state index contributed by atoms with van der Waals surface area (Å²) < 4.78 is 0. The first-order chi connectivity index (χ1) is 34.2. The Morgan fingerprint density at radius 3 is 1.05 bits per heavy atom. The Labute approximate surface area is 498 Å². The molecule has 454 valence electrons. The second-order valence-corrected chi connectivity index (χ2v) is 36.9. The predicted molar refractivity (Wildman–Crippen MR) is 352 cm³/mol. The molecule has 0 spiro atoms. The van der Waals surface area contributed by atoms with Crippen LogP contribution in [-0.2, 0) is 10.8 Å². The van der Waals surface area contributed by atoms with E-state index in [0.717, 1.165) is 12.8 Å². The van der Waals surface area contributed by atoms with Crippen LogP contribution >= 0.6 is 23.2 Å². The average molecular weight is 1120 g/mol. The summed E-state index contributed by atoms with van der Waals surface area (Å²) in [7, 11) is 0. The van der Waals surface area contributed by atoms with Crippen LogP contribution in [0.15, 0.2) is 59.7 Å². The van der Waals surface area contributed by atoms with Crippen LogP contribution in [0.3, 0.4) is 0 Å². The highest BCUT2D eigenvalue weighted by molar-refractivity contribution is 6.24. The van der Waals surface area contributed by atoms with Crippen LogP contribution in [0.5, 0.6) is 0 Å². The van der Waals surface area contributed by atoms with Crippen molar-refractivity contribution in [1.82, 2.24) is 0 Å². The van der Waals surface area contributed by atoms with Gasteiger partial charge in [-0.2, -0.15) is 0 Å². The van der Waals surface area contributed by atoms with Crippen molar-refractivity contribution in [3.8, 4) is 0 Å². The van der Waals surface area contributed by atoms with Gasteiger partial charge in [0.1, 0.15) is 0 Å². The number of alkyl halides is 2. The maximum absolute atomic E-state index is 9.27. The van der Waals surface area contributed by atoms with Crippen LogP contribution < -0.4 is 0 Å². The summed E-state index contributed by atoms with van der Waals surface area (Å²) in [5, 5.41) is 18.5. The second kappa shape index (κ2) is 25.1. The maximum Gasteiger partial charge on any atom is 0.0592 e. The third kappa shape index (κ3) is 16.7. The van der Waals surface area contributed by atoms with Crippen LogP contribution in [0.25, 0.3) is 0 Å². The van der Waals surface area contributed by atoms with Gasteiger partial charge in [0.2, 0.25) is 0 Å². The summed E-state index contributed by atoms with van der Waals surface area (Å²) in [6.07, 6.45) is 5.80. The Balaban J connectivity index is 0.000000584. The molecule has 0 fully saturated rings. The van der Waals surface area contributed by atoms with Gasteiger partial charge in [-0.1, -0.05) is 244 Å². The van der Waals surface area contributed by atoms with Gasteiger partial charge in [0.05, 0.1) is 11.2 Å². The van der Waals surface area contributed by atoms with Gasteiger partial charge in [-0.3, -0.25) is 0 Å². The number of aliphatic hydroxyl groups is 2. The molecule has 0 saturated heterocycles. The van der Waals surface area contributed by atoms with Crippen LogP contribution in [0.4, 0.5) is 0 Å². The monoisotopic (exact) mass is 1120 g/mol. The van der Waals surface area contributed by atoms with Gasteiger partial charge in [0.25, 0.3) is 0 Å². The molecule has 3 aliphatic carbocycles. The zero-order valence-corrected chi connectivity index (χ0v) is 59.9.